The number of benzene rings is 2. The van der Waals surface area contributed by atoms with Crippen molar-refractivity contribution in [3.8, 4) is 0 Å². The van der Waals surface area contributed by atoms with Crippen molar-refractivity contribution in [2.45, 2.75) is 6.42 Å². The summed E-state index contributed by atoms with van der Waals surface area (Å²) in [6.07, 6.45) is 0.331. The number of carboxylic acid groups (broad SMARTS) is 1. The molecule has 7 nitrogen and oxygen atoms in total. The first kappa shape index (κ1) is 19.4. The van der Waals surface area contributed by atoms with Crippen LogP contribution in [-0.4, -0.2) is 60.4 Å². The van der Waals surface area contributed by atoms with Crippen LogP contribution < -0.4 is 5.43 Å². The maximum Gasteiger partial charge on any atom is 0.352 e. The first-order valence-corrected chi connectivity index (χ1v) is 9.02. The quantitative estimate of drug-likeness (QED) is 0.598. The number of para-hydroxylation sites is 1. The molecule has 0 aliphatic carbocycles. The zero-order valence-electron chi connectivity index (χ0n) is 16.0. The van der Waals surface area contributed by atoms with Crippen LogP contribution in [0.2, 0.25) is 0 Å². The van der Waals surface area contributed by atoms with E-state index in [-0.39, 0.29) is 12.3 Å². The number of hydrogen-bond acceptors (Lipinski definition) is 6. The number of nitrogens with zero attached hydrogens (tertiary/aromatic N) is 4. The molecule has 1 aliphatic heterocycles. The van der Waals surface area contributed by atoms with E-state index in [0.717, 1.165) is 22.5 Å². The molecule has 0 atom stereocenters. The Labute approximate surface area is 164 Å². The van der Waals surface area contributed by atoms with Crippen LogP contribution in [0.4, 0.5) is 5.69 Å². The fourth-order valence-corrected chi connectivity index (χ4v) is 2.77. The molecule has 2 aromatic rings. The van der Waals surface area contributed by atoms with Gasteiger partial charge in [0, 0.05) is 24.1 Å². The lowest BCUT2D eigenvalue weighted by molar-refractivity contribution is -0.129. The van der Waals surface area contributed by atoms with Gasteiger partial charge in [-0.25, -0.2) is 9.79 Å². The first-order valence-electron chi connectivity index (χ1n) is 9.02. The first-order chi connectivity index (χ1) is 13.5. The summed E-state index contributed by atoms with van der Waals surface area (Å²) in [5.41, 5.74) is 6.43. The van der Waals surface area contributed by atoms with Gasteiger partial charge in [-0.05, 0) is 20.2 Å². The molecule has 0 bridgehead atoms. The molecule has 28 heavy (non-hydrogen) atoms. The van der Waals surface area contributed by atoms with Gasteiger partial charge >= 0.3 is 5.97 Å². The monoisotopic (exact) mass is 377 g/mol. The van der Waals surface area contributed by atoms with Crippen LogP contribution in [0, 0.1) is 0 Å². The molecule has 0 radical (unpaired) electrons. The normalized spacial score (nSPS) is 14.0. The molecule has 1 heterocycles. The molecule has 2 N–H and O–H groups in total. The predicted octanol–water partition coefficient (Wildman–Crippen LogP) is 2.55. The zero-order valence-corrected chi connectivity index (χ0v) is 16.0. The van der Waals surface area contributed by atoms with Crippen molar-refractivity contribution < 1.29 is 9.90 Å². The van der Waals surface area contributed by atoms with E-state index < -0.39 is 5.97 Å². The number of carboxylic acids is 1. The summed E-state index contributed by atoms with van der Waals surface area (Å²) in [4.78, 5) is 22.7. The number of nitrogens with one attached hydrogen (secondary N) is 1. The van der Waals surface area contributed by atoms with E-state index >= 15 is 0 Å². The maximum absolute atomic E-state index is 11.4. The Morgan fingerprint density at radius 1 is 1.14 bits per heavy atom. The average molecular weight is 377 g/mol. The minimum atomic E-state index is -1.04. The number of rotatable bonds is 6. The Bertz CT molecular complexity index is 933. The van der Waals surface area contributed by atoms with E-state index in [1.54, 1.807) is 0 Å². The van der Waals surface area contributed by atoms with Crippen LogP contribution in [0.1, 0.15) is 17.5 Å². The summed E-state index contributed by atoms with van der Waals surface area (Å²) in [6.45, 7) is 0.876. The molecular weight excluding hydrogens is 354 g/mol. The summed E-state index contributed by atoms with van der Waals surface area (Å²) in [6, 6.07) is 17.7. The Morgan fingerprint density at radius 3 is 2.57 bits per heavy atom. The molecule has 1 aliphatic rings. The van der Waals surface area contributed by atoms with E-state index in [4.69, 9.17) is 4.99 Å². The molecule has 0 aromatic heterocycles. The van der Waals surface area contributed by atoms with E-state index in [2.05, 4.69) is 15.5 Å². The Kier molecular flexibility index (Phi) is 6.29. The highest BCUT2D eigenvalue weighted by atomic mass is 16.4. The fraction of sp³-hybridized carbons (Fsp3) is 0.238. The highest BCUT2D eigenvalue weighted by Crippen LogP contribution is 2.24. The molecule has 0 fully saturated rings. The molecule has 7 heteroatoms. The number of fused-ring (bicyclic) bond motifs is 1. The summed E-state index contributed by atoms with van der Waals surface area (Å²) >= 11 is 0. The van der Waals surface area contributed by atoms with Crippen LogP contribution >= 0.6 is 0 Å². The van der Waals surface area contributed by atoms with Crippen molar-refractivity contribution in [2.24, 2.45) is 15.1 Å². The third-order valence-electron chi connectivity index (χ3n) is 4.21. The van der Waals surface area contributed by atoms with E-state index in [1.807, 2.05) is 73.6 Å². The summed E-state index contributed by atoms with van der Waals surface area (Å²) in [5.74, 6) is -0.542. The van der Waals surface area contributed by atoms with Gasteiger partial charge in [-0.15, -0.1) is 0 Å². The molecule has 0 unspecified atom stereocenters. The zero-order chi connectivity index (χ0) is 19.9. The number of hydrogen-bond donors (Lipinski definition) is 2. The largest absolute Gasteiger partial charge is 0.477 e. The molecule has 0 saturated carbocycles. The van der Waals surface area contributed by atoms with Crippen molar-refractivity contribution in [3.05, 3.63) is 65.7 Å². The number of hydrazone groups is 1. The highest BCUT2D eigenvalue weighted by Gasteiger charge is 2.16. The molecule has 3 rings (SSSR count). The van der Waals surface area contributed by atoms with Crippen LogP contribution in [0.3, 0.4) is 0 Å². The van der Waals surface area contributed by atoms with Gasteiger partial charge in [0.2, 0.25) is 0 Å². The highest BCUT2D eigenvalue weighted by molar-refractivity contribution is 6.35. The second-order valence-corrected chi connectivity index (χ2v) is 6.64. The summed E-state index contributed by atoms with van der Waals surface area (Å²) in [5, 5.41) is 13.4. The van der Waals surface area contributed by atoms with Crippen molar-refractivity contribution in [2.75, 3.05) is 27.2 Å². The Hall–Kier alpha value is -3.32. The lowest BCUT2D eigenvalue weighted by Gasteiger charge is -2.09. The van der Waals surface area contributed by atoms with Crippen LogP contribution in [-0.2, 0) is 4.79 Å². The third-order valence-corrected chi connectivity index (χ3v) is 4.21. The Balaban J connectivity index is 1.88. The second kappa shape index (κ2) is 9.05. The molecule has 0 amide bonds. The SMILES string of the molecule is CN(C)CC/C(=N/NC1=Nc2ccccc2C(c2ccccc2)=NC1)C(=O)O. The second-order valence-electron chi connectivity index (χ2n) is 6.64. The number of carbonyl (C=O) groups is 1. The van der Waals surface area contributed by atoms with Crippen LogP contribution in [0.15, 0.2) is 69.7 Å². The number of aliphatic carboxylic acids is 1. The summed E-state index contributed by atoms with van der Waals surface area (Å²) in [7, 11) is 3.78. The molecule has 2 aromatic carbocycles. The topological polar surface area (TPSA) is 89.6 Å². The minimum Gasteiger partial charge on any atom is -0.477 e. The lowest BCUT2D eigenvalue weighted by atomic mass is 10.0. The van der Waals surface area contributed by atoms with E-state index in [0.29, 0.717) is 18.8 Å². The van der Waals surface area contributed by atoms with E-state index in [1.165, 1.54) is 0 Å². The van der Waals surface area contributed by atoms with Gasteiger partial charge in [-0.2, -0.15) is 5.10 Å². The lowest BCUT2D eigenvalue weighted by Crippen LogP contribution is -2.27. The number of aliphatic imine (C=N–C) groups is 2. The number of amidine groups is 1. The van der Waals surface area contributed by atoms with Gasteiger partial charge in [0.1, 0.15) is 11.5 Å². The van der Waals surface area contributed by atoms with Gasteiger partial charge in [0.25, 0.3) is 0 Å². The fourth-order valence-electron chi connectivity index (χ4n) is 2.77. The van der Waals surface area contributed by atoms with Crippen molar-refractivity contribution in [1.29, 1.82) is 0 Å². The summed E-state index contributed by atoms with van der Waals surface area (Å²) < 4.78 is 0. The predicted molar refractivity (Wildman–Crippen MR) is 112 cm³/mol. The van der Waals surface area contributed by atoms with Gasteiger partial charge in [-0.3, -0.25) is 10.4 Å². The van der Waals surface area contributed by atoms with Crippen LogP contribution in [0.5, 0.6) is 0 Å². The standard InChI is InChI=1S/C21H23N5O2/c1-26(2)13-12-18(21(27)28)24-25-19-14-22-20(15-8-4-3-5-9-15)16-10-6-7-11-17(16)23-19/h3-11H,12-14H2,1-2H3,(H,23,25)(H,27,28)/b24-18-. The maximum atomic E-state index is 11.4. The molecule has 144 valence electrons. The molecule has 0 spiro atoms. The van der Waals surface area contributed by atoms with Gasteiger partial charge in [-0.1, -0.05) is 48.5 Å². The molecule has 0 saturated heterocycles. The minimum absolute atomic E-state index is 0.0567. The Morgan fingerprint density at radius 2 is 1.86 bits per heavy atom. The van der Waals surface area contributed by atoms with E-state index in [9.17, 15) is 9.90 Å². The van der Waals surface area contributed by atoms with Gasteiger partial charge < -0.3 is 10.0 Å². The van der Waals surface area contributed by atoms with Crippen molar-refractivity contribution >= 4 is 28.9 Å². The van der Waals surface area contributed by atoms with Gasteiger partial charge in [0.05, 0.1) is 17.9 Å². The average Bonchev–Trinajstić information content (AvgIpc) is 2.87. The van der Waals surface area contributed by atoms with Crippen molar-refractivity contribution in [1.82, 2.24) is 10.3 Å². The third kappa shape index (κ3) is 4.89. The van der Waals surface area contributed by atoms with Crippen LogP contribution in [0.25, 0.3) is 0 Å². The molecular formula is C21H23N5O2. The van der Waals surface area contributed by atoms with Gasteiger partial charge in [0.15, 0.2) is 0 Å². The smallest absolute Gasteiger partial charge is 0.352 e. The van der Waals surface area contributed by atoms with Crippen molar-refractivity contribution in [3.63, 3.8) is 0 Å².